The van der Waals surface area contributed by atoms with Crippen molar-refractivity contribution in [1.82, 2.24) is 25.1 Å². The van der Waals surface area contributed by atoms with E-state index in [0.717, 1.165) is 42.6 Å². The van der Waals surface area contributed by atoms with Crippen LogP contribution in [0.15, 0.2) is 42.5 Å². The number of nitrogens with zero attached hydrogens (tertiary/aromatic N) is 4. The SMILES string of the molecule is CCc1nnc2sc(-c3ccc(C)c(NC(=S)NC(=O)c4ccc(I)cc4)c3)nn12. The summed E-state index contributed by atoms with van der Waals surface area (Å²) in [4.78, 5) is 13.2. The fourth-order valence-electron chi connectivity index (χ4n) is 2.81. The summed E-state index contributed by atoms with van der Waals surface area (Å²) >= 11 is 9.02. The minimum Gasteiger partial charge on any atom is -0.332 e. The molecule has 30 heavy (non-hydrogen) atoms. The topological polar surface area (TPSA) is 84.2 Å². The quantitative estimate of drug-likeness (QED) is 0.290. The highest BCUT2D eigenvalue weighted by Crippen LogP contribution is 2.29. The van der Waals surface area contributed by atoms with Crippen LogP contribution in [0, 0.1) is 10.5 Å². The van der Waals surface area contributed by atoms with Gasteiger partial charge in [0.2, 0.25) is 4.96 Å². The molecule has 0 aliphatic heterocycles. The molecule has 0 saturated heterocycles. The summed E-state index contributed by atoms with van der Waals surface area (Å²) in [7, 11) is 0. The Morgan fingerprint density at radius 3 is 2.70 bits per heavy atom. The van der Waals surface area contributed by atoms with Crippen molar-refractivity contribution in [2.75, 3.05) is 5.32 Å². The Hall–Kier alpha value is -2.44. The molecule has 2 N–H and O–H groups in total. The van der Waals surface area contributed by atoms with Gasteiger partial charge >= 0.3 is 0 Å². The summed E-state index contributed by atoms with van der Waals surface area (Å²) in [6.45, 7) is 4.00. The summed E-state index contributed by atoms with van der Waals surface area (Å²) in [6, 6.07) is 13.3. The number of fused-ring (bicyclic) bond motifs is 1. The van der Waals surface area contributed by atoms with Crippen LogP contribution in [-0.2, 0) is 6.42 Å². The first-order valence-electron chi connectivity index (χ1n) is 9.14. The Morgan fingerprint density at radius 1 is 1.20 bits per heavy atom. The van der Waals surface area contributed by atoms with Gasteiger partial charge in [0.25, 0.3) is 5.91 Å². The molecule has 4 aromatic rings. The molecule has 0 saturated carbocycles. The van der Waals surface area contributed by atoms with Gasteiger partial charge in [-0.1, -0.05) is 30.4 Å². The second-order valence-corrected chi connectivity index (χ2v) is 9.13. The van der Waals surface area contributed by atoms with Crippen LogP contribution >= 0.6 is 46.1 Å². The molecule has 0 unspecified atom stereocenters. The molecular weight excluding hydrogens is 531 g/mol. The van der Waals surface area contributed by atoms with Crippen LogP contribution in [0.3, 0.4) is 0 Å². The predicted molar refractivity (Wildman–Crippen MR) is 131 cm³/mol. The number of hydrogen-bond donors (Lipinski definition) is 2. The predicted octanol–water partition coefficient (Wildman–Crippen LogP) is 4.46. The molecule has 2 aromatic heterocycles. The Morgan fingerprint density at radius 2 is 1.97 bits per heavy atom. The van der Waals surface area contributed by atoms with Crippen molar-refractivity contribution in [2.45, 2.75) is 20.3 Å². The van der Waals surface area contributed by atoms with E-state index in [4.69, 9.17) is 12.2 Å². The maximum atomic E-state index is 12.4. The number of anilines is 1. The highest BCUT2D eigenvalue weighted by molar-refractivity contribution is 14.1. The van der Waals surface area contributed by atoms with Gasteiger partial charge in [0.15, 0.2) is 10.9 Å². The zero-order valence-corrected chi connectivity index (χ0v) is 19.9. The van der Waals surface area contributed by atoms with E-state index in [2.05, 4.69) is 48.5 Å². The lowest BCUT2D eigenvalue weighted by molar-refractivity contribution is 0.0977. The van der Waals surface area contributed by atoms with Gasteiger partial charge < -0.3 is 5.32 Å². The minimum absolute atomic E-state index is 0.241. The smallest absolute Gasteiger partial charge is 0.257 e. The Balaban J connectivity index is 1.52. The Kier molecular flexibility index (Phi) is 6.06. The third-order valence-electron chi connectivity index (χ3n) is 4.44. The number of halogens is 1. The fourth-order valence-corrected chi connectivity index (χ4v) is 4.23. The fraction of sp³-hybridized carbons (Fsp3) is 0.150. The maximum absolute atomic E-state index is 12.4. The highest BCUT2D eigenvalue weighted by atomic mass is 127. The van der Waals surface area contributed by atoms with Gasteiger partial charge in [-0.2, -0.15) is 9.61 Å². The van der Waals surface area contributed by atoms with Crippen molar-refractivity contribution in [1.29, 1.82) is 0 Å². The number of thiocarbonyl (C=S) groups is 1. The molecule has 1 amide bonds. The van der Waals surface area contributed by atoms with E-state index in [1.165, 1.54) is 11.3 Å². The van der Waals surface area contributed by atoms with E-state index < -0.39 is 0 Å². The van der Waals surface area contributed by atoms with Crippen LogP contribution in [0.5, 0.6) is 0 Å². The number of aryl methyl sites for hydroxylation is 2. The summed E-state index contributed by atoms with van der Waals surface area (Å²) in [5.74, 6) is 0.580. The van der Waals surface area contributed by atoms with Gasteiger partial charge in [0, 0.05) is 26.8 Å². The number of amides is 1. The van der Waals surface area contributed by atoms with E-state index in [0.29, 0.717) is 5.56 Å². The van der Waals surface area contributed by atoms with Crippen LogP contribution in [0.25, 0.3) is 15.5 Å². The van der Waals surface area contributed by atoms with Crippen LogP contribution < -0.4 is 10.6 Å². The molecule has 10 heteroatoms. The summed E-state index contributed by atoms with van der Waals surface area (Å²) in [5, 5.41) is 19.9. The minimum atomic E-state index is -0.251. The van der Waals surface area contributed by atoms with Gasteiger partial charge in [0.1, 0.15) is 5.01 Å². The lowest BCUT2D eigenvalue weighted by Gasteiger charge is -2.13. The molecule has 0 radical (unpaired) electrons. The van der Waals surface area contributed by atoms with Gasteiger partial charge in [-0.3, -0.25) is 10.1 Å². The number of benzene rings is 2. The maximum Gasteiger partial charge on any atom is 0.257 e. The van der Waals surface area contributed by atoms with E-state index >= 15 is 0 Å². The second kappa shape index (κ2) is 8.74. The molecule has 2 aromatic carbocycles. The zero-order chi connectivity index (χ0) is 21.3. The van der Waals surface area contributed by atoms with Gasteiger partial charge in [-0.05, 0) is 77.6 Å². The first-order chi connectivity index (χ1) is 14.4. The van der Waals surface area contributed by atoms with Crippen LogP contribution in [-0.4, -0.2) is 30.8 Å². The van der Waals surface area contributed by atoms with Crippen molar-refractivity contribution >= 4 is 67.8 Å². The molecule has 2 heterocycles. The number of nitrogens with one attached hydrogen (secondary N) is 2. The van der Waals surface area contributed by atoms with Crippen LogP contribution in [0.2, 0.25) is 0 Å². The van der Waals surface area contributed by atoms with Crippen molar-refractivity contribution < 1.29 is 4.79 Å². The number of aromatic nitrogens is 4. The van der Waals surface area contributed by atoms with Crippen molar-refractivity contribution in [3.05, 3.63) is 63.0 Å². The molecule has 0 fully saturated rings. The third-order valence-corrected chi connectivity index (χ3v) is 6.31. The molecule has 0 atom stereocenters. The number of rotatable bonds is 4. The monoisotopic (exact) mass is 548 g/mol. The van der Waals surface area contributed by atoms with Crippen molar-refractivity contribution in [3.8, 4) is 10.6 Å². The number of carbonyl (C=O) groups is 1. The standard InChI is InChI=1S/C20H17IN6OS2/c1-3-16-24-25-20-27(16)26-18(30-20)13-5-4-11(2)15(10-13)22-19(29)23-17(28)12-6-8-14(21)9-7-12/h4-10H,3H2,1-2H3,(H2,22,23,28,29). The Labute approximate surface area is 196 Å². The van der Waals surface area contributed by atoms with E-state index in [1.54, 1.807) is 16.6 Å². The molecule has 0 bridgehead atoms. The second-order valence-electron chi connectivity index (χ2n) is 6.52. The number of carbonyl (C=O) groups excluding carboxylic acids is 1. The molecule has 7 nitrogen and oxygen atoms in total. The summed E-state index contributed by atoms with van der Waals surface area (Å²) < 4.78 is 2.84. The summed E-state index contributed by atoms with van der Waals surface area (Å²) in [5.41, 5.74) is 3.30. The molecule has 4 rings (SSSR count). The van der Waals surface area contributed by atoms with Crippen LogP contribution in [0.4, 0.5) is 5.69 Å². The highest BCUT2D eigenvalue weighted by Gasteiger charge is 2.14. The van der Waals surface area contributed by atoms with Gasteiger partial charge in [-0.25, -0.2) is 0 Å². The van der Waals surface area contributed by atoms with E-state index in [1.807, 2.05) is 44.2 Å². The number of hydrogen-bond acceptors (Lipinski definition) is 6. The third kappa shape index (κ3) is 4.35. The molecular formula is C20H17IN6OS2. The van der Waals surface area contributed by atoms with Gasteiger partial charge in [0.05, 0.1) is 0 Å². The average Bonchev–Trinajstić information content (AvgIpc) is 3.30. The average molecular weight is 548 g/mol. The lowest BCUT2D eigenvalue weighted by Crippen LogP contribution is -2.34. The van der Waals surface area contributed by atoms with Crippen molar-refractivity contribution in [2.24, 2.45) is 0 Å². The lowest BCUT2D eigenvalue weighted by atomic mass is 10.1. The Bertz CT molecular complexity index is 1250. The molecule has 0 aliphatic carbocycles. The van der Waals surface area contributed by atoms with Crippen LogP contribution in [0.1, 0.15) is 28.7 Å². The summed E-state index contributed by atoms with van der Waals surface area (Å²) in [6.07, 6.45) is 0.763. The van der Waals surface area contributed by atoms with Crippen molar-refractivity contribution in [3.63, 3.8) is 0 Å². The first kappa shape index (κ1) is 20.8. The van der Waals surface area contributed by atoms with E-state index in [9.17, 15) is 4.79 Å². The first-order valence-corrected chi connectivity index (χ1v) is 11.4. The van der Waals surface area contributed by atoms with E-state index in [-0.39, 0.29) is 11.0 Å². The molecule has 0 spiro atoms. The normalized spacial score (nSPS) is 10.9. The zero-order valence-electron chi connectivity index (χ0n) is 16.1. The van der Waals surface area contributed by atoms with Gasteiger partial charge in [-0.15, -0.1) is 10.2 Å². The molecule has 152 valence electrons. The molecule has 0 aliphatic rings. The largest absolute Gasteiger partial charge is 0.332 e.